The molecular formula is C16H23NO3S. The van der Waals surface area contributed by atoms with Gasteiger partial charge in [0.25, 0.3) is 0 Å². The van der Waals surface area contributed by atoms with Crippen LogP contribution in [-0.2, 0) is 0 Å². The second-order valence-corrected chi connectivity index (χ2v) is 6.76. The number of aliphatic hydroxyl groups excluding tert-OH is 1. The van der Waals surface area contributed by atoms with E-state index in [1.54, 1.807) is 11.8 Å². The van der Waals surface area contributed by atoms with Crippen LogP contribution in [0.4, 0.5) is 0 Å². The van der Waals surface area contributed by atoms with Crippen molar-refractivity contribution in [3.63, 3.8) is 0 Å². The minimum atomic E-state index is -0.146. The highest BCUT2D eigenvalue weighted by Gasteiger charge is 2.44. The molecule has 0 amide bonds. The van der Waals surface area contributed by atoms with E-state index >= 15 is 0 Å². The van der Waals surface area contributed by atoms with E-state index in [4.69, 9.17) is 9.47 Å². The molecule has 1 saturated carbocycles. The third-order valence-electron chi connectivity index (χ3n) is 4.18. The lowest BCUT2D eigenvalue weighted by Crippen LogP contribution is -2.52. The Kier molecular flexibility index (Phi) is 4.62. The van der Waals surface area contributed by atoms with E-state index in [-0.39, 0.29) is 12.1 Å². The zero-order valence-electron chi connectivity index (χ0n) is 12.4. The Bertz CT molecular complexity index is 492. The average Bonchev–Trinajstić information content (AvgIpc) is 3.36. The molecule has 2 N–H and O–H groups in total. The second kappa shape index (κ2) is 6.46. The Morgan fingerprint density at radius 1 is 1.29 bits per heavy atom. The number of likely N-dealkylation sites (N-methyl/N-ethyl adjacent to an activating group) is 1. The molecule has 5 heteroatoms. The van der Waals surface area contributed by atoms with Gasteiger partial charge in [-0.3, -0.25) is 0 Å². The van der Waals surface area contributed by atoms with Crippen LogP contribution >= 0.6 is 11.8 Å². The van der Waals surface area contributed by atoms with Gasteiger partial charge in [0.15, 0.2) is 11.5 Å². The largest absolute Gasteiger partial charge is 0.486 e. The molecule has 1 atom stereocenters. The first kappa shape index (κ1) is 15.0. The van der Waals surface area contributed by atoms with Gasteiger partial charge in [-0.1, -0.05) is 6.92 Å². The number of nitrogens with one attached hydrogen (secondary N) is 1. The molecule has 0 spiro atoms. The molecule has 1 aliphatic heterocycles. The van der Waals surface area contributed by atoms with Gasteiger partial charge < -0.3 is 19.9 Å². The topological polar surface area (TPSA) is 50.7 Å². The van der Waals surface area contributed by atoms with Crippen molar-refractivity contribution in [2.24, 2.45) is 5.92 Å². The summed E-state index contributed by atoms with van der Waals surface area (Å²) in [7, 11) is 0. The van der Waals surface area contributed by atoms with Gasteiger partial charge in [0.2, 0.25) is 0 Å². The van der Waals surface area contributed by atoms with Gasteiger partial charge in [0.05, 0.1) is 12.1 Å². The minimum absolute atomic E-state index is 0.146. The Hall–Kier alpha value is -0.910. The zero-order valence-corrected chi connectivity index (χ0v) is 13.2. The molecule has 1 aliphatic carbocycles. The lowest BCUT2D eigenvalue weighted by Gasteiger charge is -2.33. The molecule has 21 heavy (non-hydrogen) atoms. The molecule has 1 aromatic rings. The second-order valence-electron chi connectivity index (χ2n) is 5.71. The van der Waals surface area contributed by atoms with Gasteiger partial charge in [-0.15, -0.1) is 11.8 Å². The molecule has 1 aromatic carbocycles. The summed E-state index contributed by atoms with van der Waals surface area (Å²) in [6.45, 7) is 4.42. The van der Waals surface area contributed by atoms with Crippen molar-refractivity contribution in [1.82, 2.24) is 5.32 Å². The minimum Gasteiger partial charge on any atom is -0.486 e. The van der Waals surface area contributed by atoms with E-state index in [2.05, 4.69) is 18.3 Å². The zero-order chi connectivity index (χ0) is 14.7. The number of aliphatic hydroxyl groups is 1. The fourth-order valence-electron chi connectivity index (χ4n) is 2.86. The fourth-order valence-corrected chi connectivity index (χ4v) is 4.07. The van der Waals surface area contributed by atoms with Crippen molar-refractivity contribution in [3.8, 4) is 11.5 Å². The number of rotatable bonds is 7. The maximum atomic E-state index is 9.87. The van der Waals surface area contributed by atoms with E-state index < -0.39 is 0 Å². The number of hydrogen-bond acceptors (Lipinski definition) is 5. The molecule has 3 rings (SSSR count). The van der Waals surface area contributed by atoms with Gasteiger partial charge in [0.1, 0.15) is 13.2 Å². The molecule has 0 radical (unpaired) electrons. The molecule has 2 aliphatic rings. The Morgan fingerprint density at radius 2 is 2.05 bits per heavy atom. The number of hydrogen-bond donors (Lipinski definition) is 2. The quantitative estimate of drug-likeness (QED) is 0.757. The lowest BCUT2D eigenvalue weighted by atomic mass is 9.97. The normalized spacial score (nSPS) is 20.1. The first-order valence-corrected chi connectivity index (χ1v) is 8.64. The monoisotopic (exact) mass is 309 g/mol. The molecule has 1 heterocycles. The third-order valence-corrected chi connectivity index (χ3v) is 5.43. The summed E-state index contributed by atoms with van der Waals surface area (Å²) in [6.07, 6.45) is 2.44. The molecular weight excluding hydrogens is 286 g/mol. The molecule has 0 saturated heterocycles. The number of benzene rings is 1. The summed E-state index contributed by atoms with van der Waals surface area (Å²) in [5.74, 6) is 3.14. The maximum Gasteiger partial charge on any atom is 0.162 e. The van der Waals surface area contributed by atoms with Crippen LogP contribution in [0.5, 0.6) is 11.5 Å². The lowest BCUT2D eigenvalue weighted by molar-refractivity contribution is 0.161. The van der Waals surface area contributed by atoms with Crippen molar-refractivity contribution in [2.45, 2.75) is 30.2 Å². The van der Waals surface area contributed by atoms with E-state index in [0.717, 1.165) is 28.7 Å². The summed E-state index contributed by atoms with van der Waals surface area (Å²) in [6, 6.07) is 6.08. The van der Waals surface area contributed by atoms with Crippen LogP contribution in [0, 0.1) is 5.92 Å². The predicted molar refractivity (Wildman–Crippen MR) is 84.4 cm³/mol. The summed E-state index contributed by atoms with van der Waals surface area (Å²) in [5.41, 5.74) is -0.146. The van der Waals surface area contributed by atoms with Crippen LogP contribution in [0.25, 0.3) is 0 Å². The highest BCUT2D eigenvalue weighted by atomic mass is 32.2. The van der Waals surface area contributed by atoms with Crippen molar-refractivity contribution in [2.75, 3.05) is 32.1 Å². The smallest absolute Gasteiger partial charge is 0.162 e. The van der Waals surface area contributed by atoms with Crippen LogP contribution in [0.3, 0.4) is 0 Å². The van der Waals surface area contributed by atoms with Crippen LogP contribution in [0.1, 0.15) is 19.8 Å². The molecule has 116 valence electrons. The first-order valence-electron chi connectivity index (χ1n) is 7.66. The predicted octanol–water partition coefficient (Wildman–Crippen LogP) is 2.30. The van der Waals surface area contributed by atoms with Gasteiger partial charge >= 0.3 is 0 Å². The van der Waals surface area contributed by atoms with E-state index in [1.165, 1.54) is 12.8 Å². The Morgan fingerprint density at radius 3 is 2.71 bits per heavy atom. The van der Waals surface area contributed by atoms with Crippen LogP contribution in [0.15, 0.2) is 23.1 Å². The van der Waals surface area contributed by atoms with Crippen LogP contribution < -0.4 is 14.8 Å². The van der Waals surface area contributed by atoms with Gasteiger partial charge in [-0.2, -0.15) is 0 Å². The first-order chi connectivity index (χ1) is 10.3. The van der Waals surface area contributed by atoms with Gasteiger partial charge in [-0.25, -0.2) is 0 Å². The van der Waals surface area contributed by atoms with E-state index in [1.807, 2.05) is 12.1 Å². The number of thioether (sulfide) groups is 1. The Labute approximate surface area is 130 Å². The average molecular weight is 309 g/mol. The standard InChI is InChI=1S/C16H23NO3S/c1-2-17-16(10-18,12-3-4-12)11-21-13-5-6-14-15(9-13)20-8-7-19-14/h5-6,9,12,17-18H,2-4,7-8,10-11H2,1H3. The van der Waals surface area contributed by atoms with Crippen LogP contribution in [-0.4, -0.2) is 42.8 Å². The SMILES string of the molecule is CCNC(CO)(CSc1ccc2c(c1)OCCO2)C1CC1. The third kappa shape index (κ3) is 3.30. The fraction of sp³-hybridized carbons (Fsp3) is 0.625. The van der Waals surface area contributed by atoms with Gasteiger partial charge in [-0.05, 0) is 43.5 Å². The highest BCUT2D eigenvalue weighted by molar-refractivity contribution is 7.99. The summed E-state index contributed by atoms with van der Waals surface area (Å²) in [4.78, 5) is 1.16. The van der Waals surface area contributed by atoms with Crippen molar-refractivity contribution in [3.05, 3.63) is 18.2 Å². The van der Waals surface area contributed by atoms with Crippen molar-refractivity contribution in [1.29, 1.82) is 0 Å². The van der Waals surface area contributed by atoms with Gasteiger partial charge in [0, 0.05) is 10.6 Å². The summed E-state index contributed by atoms with van der Waals surface area (Å²) < 4.78 is 11.2. The summed E-state index contributed by atoms with van der Waals surface area (Å²) >= 11 is 1.77. The number of ether oxygens (including phenoxy) is 2. The molecule has 1 unspecified atom stereocenters. The van der Waals surface area contributed by atoms with E-state index in [9.17, 15) is 5.11 Å². The van der Waals surface area contributed by atoms with Crippen molar-refractivity contribution >= 4 is 11.8 Å². The summed E-state index contributed by atoms with van der Waals surface area (Å²) in [5, 5.41) is 13.4. The molecule has 0 bridgehead atoms. The number of fused-ring (bicyclic) bond motifs is 1. The Balaban J connectivity index is 1.68. The van der Waals surface area contributed by atoms with Crippen molar-refractivity contribution < 1.29 is 14.6 Å². The maximum absolute atomic E-state index is 9.87. The molecule has 4 nitrogen and oxygen atoms in total. The molecule has 1 fully saturated rings. The van der Waals surface area contributed by atoms with E-state index in [0.29, 0.717) is 19.1 Å². The highest BCUT2D eigenvalue weighted by Crippen LogP contribution is 2.43. The molecule has 0 aromatic heterocycles. The van der Waals surface area contributed by atoms with Crippen LogP contribution in [0.2, 0.25) is 0 Å².